The second-order valence-electron chi connectivity index (χ2n) is 12.9. The number of fused-ring (bicyclic) bond motifs is 1. The second-order valence-corrected chi connectivity index (χ2v) is 12.9. The number of imidazole rings is 1. The number of carbonyl (C=O) groups is 2. The molecule has 208 valence electrons. The highest BCUT2D eigenvalue weighted by atomic mass is 16.6. The number of pyridine rings is 1. The van der Waals surface area contributed by atoms with Gasteiger partial charge in [0.1, 0.15) is 16.8 Å². The molecule has 0 saturated carbocycles. The van der Waals surface area contributed by atoms with Gasteiger partial charge in [-0.15, -0.1) is 0 Å². The van der Waals surface area contributed by atoms with E-state index in [0.717, 1.165) is 23.3 Å². The van der Waals surface area contributed by atoms with Crippen LogP contribution in [-0.4, -0.2) is 32.5 Å². The minimum absolute atomic E-state index is 0.0273. The molecule has 2 aromatic heterocycles. The molecular formula is C32H46N2O4. The SMILES string of the molecule is CCC(C(=O)OC(C)(C)C)C(CCC(=O)OC(C)(C)C)CC1=CCC(C)(c2cn3cccc(C)c3n2)C=C1. The van der Waals surface area contributed by atoms with Crippen LogP contribution in [0.5, 0.6) is 0 Å². The Bertz CT molecular complexity index is 1210. The Morgan fingerprint density at radius 1 is 1.13 bits per heavy atom. The van der Waals surface area contributed by atoms with Crippen molar-refractivity contribution in [2.45, 2.75) is 111 Å². The Morgan fingerprint density at radius 3 is 2.37 bits per heavy atom. The normalized spacial score (nSPS) is 19.7. The molecule has 0 fully saturated rings. The van der Waals surface area contributed by atoms with Gasteiger partial charge < -0.3 is 13.9 Å². The monoisotopic (exact) mass is 522 g/mol. The number of nitrogens with zero attached hydrogens (tertiary/aromatic N) is 2. The highest BCUT2D eigenvalue weighted by molar-refractivity contribution is 5.74. The van der Waals surface area contributed by atoms with Gasteiger partial charge in [-0.2, -0.15) is 0 Å². The summed E-state index contributed by atoms with van der Waals surface area (Å²) >= 11 is 0. The first-order valence-electron chi connectivity index (χ1n) is 13.9. The van der Waals surface area contributed by atoms with Crippen molar-refractivity contribution >= 4 is 17.6 Å². The summed E-state index contributed by atoms with van der Waals surface area (Å²) in [5.41, 5.74) is 3.06. The van der Waals surface area contributed by atoms with Gasteiger partial charge in [-0.25, -0.2) is 4.98 Å². The van der Waals surface area contributed by atoms with E-state index in [0.29, 0.717) is 19.3 Å². The van der Waals surface area contributed by atoms with Crippen molar-refractivity contribution < 1.29 is 19.1 Å². The van der Waals surface area contributed by atoms with Crippen LogP contribution < -0.4 is 0 Å². The fourth-order valence-corrected chi connectivity index (χ4v) is 5.05. The van der Waals surface area contributed by atoms with Crippen molar-refractivity contribution in [3.8, 4) is 0 Å². The van der Waals surface area contributed by atoms with Crippen LogP contribution in [0, 0.1) is 18.8 Å². The van der Waals surface area contributed by atoms with Gasteiger partial charge in [-0.3, -0.25) is 9.59 Å². The molecule has 2 aromatic rings. The topological polar surface area (TPSA) is 69.9 Å². The van der Waals surface area contributed by atoms with E-state index in [4.69, 9.17) is 14.5 Å². The third kappa shape index (κ3) is 7.81. The number of carbonyl (C=O) groups excluding carboxylic acids is 2. The summed E-state index contributed by atoms with van der Waals surface area (Å²) in [5, 5.41) is 0. The number of esters is 2. The van der Waals surface area contributed by atoms with E-state index in [1.54, 1.807) is 0 Å². The number of hydrogen-bond acceptors (Lipinski definition) is 5. The molecule has 3 atom stereocenters. The lowest BCUT2D eigenvalue weighted by molar-refractivity contribution is -0.163. The van der Waals surface area contributed by atoms with Crippen LogP contribution in [-0.2, 0) is 24.5 Å². The Labute approximate surface area is 228 Å². The summed E-state index contributed by atoms with van der Waals surface area (Å²) < 4.78 is 13.4. The molecule has 0 bridgehead atoms. The van der Waals surface area contributed by atoms with Crippen LogP contribution in [0.1, 0.15) is 98.8 Å². The smallest absolute Gasteiger partial charge is 0.309 e. The second kappa shape index (κ2) is 11.5. The van der Waals surface area contributed by atoms with Gasteiger partial charge in [0.25, 0.3) is 0 Å². The first-order valence-corrected chi connectivity index (χ1v) is 13.9. The maximum Gasteiger partial charge on any atom is 0.309 e. The molecule has 0 amide bonds. The number of allylic oxidation sites excluding steroid dienone is 4. The van der Waals surface area contributed by atoms with Crippen molar-refractivity contribution in [1.29, 1.82) is 0 Å². The fourth-order valence-electron chi connectivity index (χ4n) is 5.05. The van der Waals surface area contributed by atoms with Gasteiger partial charge in [0.2, 0.25) is 0 Å². The molecule has 0 aromatic carbocycles. The van der Waals surface area contributed by atoms with Gasteiger partial charge >= 0.3 is 11.9 Å². The zero-order valence-electron chi connectivity index (χ0n) is 24.8. The van der Waals surface area contributed by atoms with Crippen molar-refractivity contribution in [3.05, 3.63) is 59.6 Å². The summed E-state index contributed by atoms with van der Waals surface area (Å²) in [6.45, 7) is 17.6. The molecule has 0 saturated heterocycles. The van der Waals surface area contributed by atoms with E-state index in [2.05, 4.69) is 48.7 Å². The Hall–Kier alpha value is -2.89. The van der Waals surface area contributed by atoms with Crippen molar-refractivity contribution in [2.75, 3.05) is 0 Å². The summed E-state index contributed by atoms with van der Waals surface area (Å²) in [6.07, 6.45) is 13.8. The molecule has 2 heterocycles. The Balaban J connectivity index is 1.78. The largest absolute Gasteiger partial charge is 0.460 e. The first-order chi connectivity index (χ1) is 17.6. The molecule has 0 N–H and O–H groups in total. The van der Waals surface area contributed by atoms with Crippen molar-refractivity contribution in [3.63, 3.8) is 0 Å². The minimum atomic E-state index is -0.557. The molecule has 38 heavy (non-hydrogen) atoms. The Kier molecular flexibility index (Phi) is 8.95. The third-order valence-corrected chi connectivity index (χ3v) is 7.07. The van der Waals surface area contributed by atoms with Gasteiger partial charge in [-0.05, 0) is 91.7 Å². The average Bonchev–Trinajstić information content (AvgIpc) is 3.24. The zero-order chi connectivity index (χ0) is 28.3. The highest BCUT2D eigenvalue weighted by Crippen LogP contribution is 2.37. The van der Waals surface area contributed by atoms with Gasteiger partial charge in [-0.1, -0.05) is 43.7 Å². The average molecular weight is 523 g/mol. The lowest BCUT2D eigenvalue weighted by atomic mass is 9.76. The molecule has 6 heteroatoms. The number of ether oxygens (including phenoxy) is 2. The van der Waals surface area contributed by atoms with Crippen molar-refractivity contribution in [1.82, 2.24) is 9.38 Å². The molecule has 6 nitrogen and oxygen atoms in total. The molecule has 0 spiro atoms. The van der Waals surface area contributed by atoms with Crippen LogP contribution in [0.15, 0.2) is 48.3 Å². The molecular weight excluding hydrogens is 476 g/mol. The number of aromatic nitrogens is 2. The summed E-state index contributed by atoms with van der Waals surface area (Å²) in [6, 6.07) is 4.12. The summed E-state index contributed by atoms with van der Waals surface area (Å²) in [4.78, 5) is 30.6. The predicted octanol–water partition coefficient (Wildman–Crippen LogP) is 7.28. The predicted molar refractivity (Wildman–Crippen MR) is 152 cm³/mol. The molecule has 3 unspecified atom stereocenters. The fraction of sp³-hybridized carbons (Fsp3) is 0.594. The summed E-state index contributed by atoms with van der Waals surface area (Å²) in [7, 11) is 0. The quantitative estimate of drug-likeness (QED) is 0.324. The van der Waals surface area contributed by atoms with E-state index >= 15 is 0 Å². The van der Waals surface area contributed by atoms with E-state index < -0.39 is 11.2 Å². The van der Waals surface area contributed by atoms with Crippen molar-refractivity contribution in [2.24, 2.45) is 11.8 Å². The third-order valence-electron chi connectivity index (χ3n) is 7.07. The number of aryl methyl sites for hydroxylation is 1. The molecule has 0 aliphatic heterocycles. The first kappa shape index (κ1) is 29.7. The van der Waals surface area contributed by atoms with Crippen LogP contribution in [0.3, 0.4) is 0 Å². The lowest BCUT2D eigenvalue weighted by Crippen LogP contribution is -2.33. The van der Waals surface area contributed by atoms with E-state index in [1.807, 2.05) is 60.7 Å². The number of rotatable bonds is 9. The van der Waals surface area contributed by atoms with Crippen LogP contribution in [0.25, 0.3) is 5.65 Å². The lowest BCUT2D eigenvalue weighted by Gasteiger charge is -2.31. The van der Waals surface area contributed by atoms with Gasteiger partial charge in [0.05, 0.1) is 11.6 Å². The van der Waals surface area contributed by atoms with E-state index in [-0.39, 0.29) is 35.6 Å². The molecule has 1 aliphatic rings. The molecule has 0 radical (unpaired) electrons. The molecule has 1 aliphatic carbocycles. The highest BCUT2D eigenvalue weighted by Gasteiger charge is 2.34. The van der Waals surface area contributed by atoms with Gasteiger partial charge in [0, 0.05) is 24.2 Å². The van der Waals surface area contributed by atoms with Gasteiger partial charge in [0.15, 0.2) is 0 Å². The van der Waals surface area contributed by atoms with Crippen LogP contribution in [0.4, 0.5) is 0 Å². The van der Waals surface area contributed by atoms with Crippen LogP contribution >= 0.6 is 0 Å². The Morgan fingerprint density at radius 2 is 1.82 bits per heavy atom. The standard InChI is InChI=1S/C32H46N2O4/c1-10-25(29(36)38-31(6,7)8)24(13-14-27(35)37-30(3,4)5)20-23-15-17-32(9,18-16-23)26-21-34-19-11-12-22(2)28(34)33-26/h11-12,15-17,19,21,24-25H,10,13-14,18,20H2,1-9H3. The molecule has 3 rings (SSSR count). The maximum atomic E-state index is 13.2. The van der Waals surface area contributed by atoms with E-state index in [9.17, 15) is 9.59 Å². The van der Waals surface area contributed by atoms with E-state index in [1.165, 1.54) is 5.57 Å². The van der Waals surface area contributed by atoms with Crippen LogP contribution in [0.2, 0.25) is 0 Å². The zero-order valence-corrected chi connectivity index (χ0v) is 24.8. The maximum absolute atomic E-state index is 13.2. The summed E-state index contributed by atoms with van der Waals surface area (Å²) in [5.74, 6) is -0.745. The number of hydrogen-bond donors (Lipinski definition) is 0. The minimum Gasteiger partial charge on any atom is -0.460 e.